The second-order valence-corrected chi connectivity index (χ2v) is 14.8. The molecule has 18 heteroatoms. The highest BCUT2D eigenvalue weighted by molar-refractivity contribution is 5.90. The lowest BCUT2D eigenvalue weighted by Gasteiger charge is -2.61. The van der Waals surface area contributed by atoms with Crippen LogP contribution in [0, 0.1) is 5.92 Å². The number of methoxy groups -OCH3 is 1. The van der Waals surface area contributed by atoms with Gasteiger partial charge in [-0.25, -0.2) is 4.79 Å². The van der Waals surface area contributed by atoms with Crippen molar-refractivity contribution in [3.63, 3.8) is 0 Å². The van der Waals surface area contributed by atoms with Gasteiger partial charge in [-0.15, -0.1) is 0 Å². The topological polar surface area (TPSA) is 260 Å². The van der Waals surface area contributed by atoms with Gasteiger partial charge >= 0.3 is 12.1 Å². The fourth-order valence-corrected chi connectivity index (χ4v) is 9.02. The Balaban J connectivity index is 1.20. The van der Waals surface area contributed by atoms with Gasteiger partial charge in [0.15, 0.2) is 23.6 Å². The summed E-state index contributed by atoms with van der Waals surface area (Å²) >= 11 is 0. The summed E-state index contributed by atoms with van der Waals surface area (Å²) < 4.78 is 18.4. The van der Waals surface area contributed by atoms with Crippen molar-refractivity contribution in [1.82, 2.24) is 25.8 Å². The number of ether oxygens (including phenoxy) is 3. The molecule has 1 aromatic carbocycles. The number of aliphatic carboxylic acids is 1. The highest BCUT2D eigenvalue weighted by Crippen LogP contribution is 2.65. The predicted molar refractivity (Wildman–Crippen MR) is 192 cm³/mol. The SMILES string of the molecule is COc1ccc2c3c1O[C@H]1C(OC(=O)N4CCC(C(=O)O)CC4CNC(=O)[C@H](CCCN=C(N)N)NC(=O)CNC(C)=O)=CC[C@@]4(O)[C@@H](C2)N(C)CC[C@]314. The summed E-state index contributed by atoms with van der Waals surface area (Å²) in [5, 5.41) is 30.2. The van der Waals surface area contributed by atoms with E-state index in [1.54, 1.807) is 13.2 Å². The third kappa shape index (κ3) is 6.99. The number of nitrogens with zero attached hydrogens (tertiary/aromatic N) is 3. The summed E-state index contributed by atoms with van der Waals surface area (Å²) in [7, 11) is 3.56. The second-order valence-electron chi connectivity index (χ2n) is 14.8. The van der Waals surface area contributed by atoms with Crippen molar-refractivity contribution in [1.29, 1.82) is 0 Å². The number of hydrogen-bond acceptors (Lipinski definition) is 11. The van der Waals surface area contributed by atoms with E-state index in [1.165, 1.54) is 11.8 Å². The molecule has 3 aliphatic heterocycles. The van der Waals surface area contributed by atoms with Crippen LogP contribution in [0.3, 0.4) is 0 Å². The third-order valence-corrected chi connectivity index (χ3v) is 11.7. The van der Waals surface area contributed by atoms with Gasteiger partial charge in [-0.2, -0.15) is 0 Å². The Morgan fingerprint density at radius 2 is 1.94 bits per heavy atom. The smallest absolute Gasteiger partial charge is 0.415 e. The van der Waals surface area contributed by atoms with Crippen molar-refractivity contribution in [3.05, 3.63) is 35.1 Å². The van der Waals surface area contributed by atoms with E-state index >= 15 is 0 Å². The van der Waals surface area contributed by atoms with Gasteiger partial charge in [0, 0.05) is 44.6 Å². The zero-order valence-corrected chi connectivity index (χ0v) is 30.8. The number of carbonyl (C=O) groups excluding carboxylic acids is 4. The molecule has 0 aromatic heterocycles. The van der Waals surface area contributed by atoms with E-state index < -0.39 is 64.9 Å². The lowest BCUT2D eigenvalue weighted by molar-refractivity contribution is -0.163. The van der Waals surface area contributed by atoms with Crippen molar-refractivity contribution in [2.45, 2.75) is 87.1 Å². The Bertz CT molecular complexity index is 1750. The highest BCUT2D eigenvalue weighted by Gasteiger charge is 2.72. The standard InChI is InChI=1S/C36H50N8O10/c1-19(45)40-18-27(46)42-23(5-4-12-39-33(37)38)31(47)41-17-22-15-21(32(48)49)9-13-44(22)34(50)53-25-8-10-36(51)26-16-20-6-7-24(52-3)29-28(20)35(36,30(25)54-29)11-14-43(26)2/h6-8,21-23,26,30,51H,4-5,9-18H2,1-3H3,(H,40,45)(H,41,47)(H,42,46)(H,48,49)(H4,37,38,39)/t21?,22?,23-,26+,30-,35-,36+/m0/s1. The molecule has 54 heavy (non-hydrogen) atoms. The van der Waals surface area contributed by atoms with Crippen LogP contribution in [0.4, 0.5) is 4.79 Å². The number of likely N-dealkylation sites (tertiary alicyclic amines) is 2. The molecule has 9 N–H and O–H groups in total. The van der Waals surface area contributed by atoms with Crippen LogP contribution in [0.5, 0.6) is 11.5 Å². The molecule has 2 aliphatic carbocycles. The minimum Gasteiger partial charge on any atom is -0.493 e. The largest absolute Gasteiger partial charge is 0.493 e. The lowest BCUT2D eigenvalue weighted by atomic mass is 9.50. The molecule has 0 saturated carbocycles. The fourth-order valence-electron chi connectivity index (χ4n) is 9.02. The summed E-state index contributed by atoms with van der Waals surface area (Å²) in [6.45, 7) is 1.72. The summed E-state index contributed by atoms with van der Waals surface area (Å²) in [5.41, 5.74) is 10.7. The quantitative estimate of drug-likeness (QED) is 0.0730. The van der Waals surface area contributed by atoms with Crippen LogP contribution in [0.1, 0.15) is 56.6 Å². The molecule has 2 saturated heterocycles. The first-order valence-electron chi connectivity index (χ1n) is 18.3. The van der Waals surface area contributed by atoms with Crippen molar-refractivity contribution in [2.24, 2.45) is 22.4 Å². The summed E-state index contributed by atoms with van der Waals surface area (Å²) in [6.07, 6.45) is 2.25. The molecule has 18 nitrogen and oxygen atoms in total. The predicted octanol–water partition coefficient (Wildman–Crippen LogP) is -0.935. The number of rotatable bonds is 13. The molecule has 3 heterocycles. The minimum absolute atomic E-state index is 0.0391. The van der Waals surface area contributed by atoms with Gasteiger partial charge in [0.2, 0.25) is 17.7 Å². The van der Waals surface area contributed by atoms with E-state index in [1.807, 2.05) is 19.2 Å². The number of nitrogens with one attached hydrogen (secondary N) is 3. The number of benzene rings is 1. The van der Waals surface area contributed by atoms with Crippen molar-refractivity contribution in [2.75, 3.05) is 46.9 Å². The van der Waals surface area contributed by atoms with E-state index in [2.05, 4.69) is 25.8 Å². The van der Waals surface area contributed by atoms with Gasteiger partial charge in [0.25, 0.3) is 0 Å². The van der Waals surface area contributed by atoms with Crippen LogP contribution >= 0.6 is 0 Å². The molecule has 2 bridgehead atoms. The van der Waals surface area contributed by atoms with Gasteiger partial charge in [-0.05, 0) is 69.8 Å². The summed E-state index contributed by atoms with van der Waals surface area (Å²) in [6, 6.07) is 1.86. The Labute approximate surface area is 312 Å². The maximum absolute atomic E-state index is 14.1. The molecule has 0 radical (unpaired) electrons. The second kappa shape index (κ2) is 15.3. The Hall–Kier alpha value is -5.10. The molecular formula is C36H50N8O10. The Kier molecular flexibility index (Phi) is 11.0. The molecule has 6 rings (SSSR count). The molecule has 5 aliphatic rings. The number of guanidine groups is 1. The molecule has 7 atom stereocenters. The van der Waals surface area contributed by atoms with E-state index in [0.717, 1.165) is 11.1 Å². The van der Waals surface area contributed by atoms with Gasteiger partial charge in [-0.3, -0.25) is 24.2 Å². The highest BCUT2D eigenvalue weighted by atomic mass is 16.6. The summed E-state index contributed by atoms with van der Waals surface area (Å²) in [4.78, 5) is 71.0. The monoisotopic (exact) mass is 754 g/mol. The van der Waals surface area contributed by atoms with Crippen LogP contribution in [0.25, 0.3) is 0 Å². The molecule has 2 fully saturated rings. The maximum Gasteiger partial charge on any atom is 0.415 e. The zero-order valence-electron chi connectivity index (χ0n) is 30.8. The summed E-state index contributed by atoms with van der Waals surface area (Å²) in [5.74, 6) is -2.20. The molecule has 294 valence electrons. The lowest BCUT2D eigenvalue weighted by Crippen LogP contribution is -2.74. The molecular weight excluding hydrogens is 704 g/mol. The number of piperidine rings is 2. The first kappa shape index (κ1) is 38.6. The van der Waals surface area contributed by atoms with Crippen molar-refractivity contribution in [3.8, 4) is 11.5 Å². The first-order chi connectivity index (χ1) is 25.7. The number of hydrogen-bond donors (Lipinski definition) is 7. The van der Waals surface area contributed by atoms with Gasteiger partial charge < -0.3 is 61.6 Å². The number of carboxylic acid groups (broad SMARTS) is 1. The van der Waals surface area contributed by atoms with Crippen LogP contribution in [-0.2, 0) is 35.8 Å². The number of carbonyl (C=O) groups is 5. The van der Waals surface area contributed by atoms with Crippen LogP contribution in [0.2, 0.25) is 0 Å². The number of aliphatic imine (C=N–C) groups is 1. The van der Waals surface area contributed by atoms with Gasteiger partial charge in [-0.1, -0.05) is 6.07 Å². The van der Waals surface area contributed by atoms with Crippen LogP contribution in [0.15, 0.2) is 29.0 Å². The van der Waals surface area contributed by atoms with Crippen LogP contribution in [-0.4, -0.2) is 132 Å². The van der Waals surface area contributed by atoms with E-state index in [-0.39, 0.29) is 69.6 Å². The first-order valence-corrected chi connectivity index (χ1v) is 18.3. The molecule has 1 aromatic rings. The zero-order chi connectivity index (χ0) is 38.9. The Morgan fingerprint density at radius 3 is 2.65 bits per heavy atom. The van der Waals surface area contributed by atoms with E-state index in [9.17, 15) is 34.2 Å². The van der Waals surface area contributed by atoms with Crippen LogP contribution < -0.4 is 36.9 Å². The number of amides is 4. The maximum atomic E-state index is 14.1. The van der Waals surface area contributed by atoms with Gasteiger partial charge in [0.05, 0.1) is 36.6 Å². The molecule has 2 unspecified atom stereocenters. The number of aliphatic hydroxyl groups is 1. The fraction of sp³-hybridized carbons (Fsp3) is 0.611. The molecule has 1 spiro atoms. The average molecular weight is 755 g/mol. The minimum atomic E-state index is -1.20. The van der Waals surface area contributed by atoms with Gasteiger partial charge in [0.1, 0.15) is 11.8 Å². The van der Waals surface area contributed by atoms with Crippen molar-refractivity contribution < 1.29 is 48.4 Å². The number of likely N-dealkylation sites (N-methyl/N-ethyl adjacent to an activating group) is 1. The number of nitrogens with two attached hydrogens (primary N) is 2. The van der Waals surface area contributed by atoms with Crippen molar-refractivity contribution >= 4 is 35.7 Å². The average Bonchev–Trinajstić information content (AvgIpc) is 3.49. The van der Waals surface area contributed by atoms with E-state index in [4.69, 9.17) is 25.7 Å². The van der Waals surface area contributed by atoms with E-state index in [0.29, 0.717) is 37.3 Å². The molecule has 4 amide bonds. The number of carboxylic acids is 1. The third-order valence-electron chi connectivity index (χ3n) is 11.7. The Morgan fingerprint density at radius 1 is 1.17 bits per heavy atom. The normalized spacial score (nSPS) is 28.3.